The lowest BCUT2D eigenvalue weighted by Gasteiger charge is -2.21. The number of Topliss-reactive ketones (excluding diaryl/α,β-unsaturated/α-hetero) is 1. The number of esters is 1. The molecule has 0 saturated carbocycles. The zero-order valence-electron chi connectivity index (χ0n) is 12.5. The Hall–Kier alpha value is -2.24. The standard InChI is InChI=1S/C15H19NO5/c1-9(2)21-15(18)14(11(4)17)10(3)12-5-7-13(8-6-12)16(19)20/h5-10,14H,1-4H3. The fourth-order valence-corrected chi connectivity index (χ4v) is 2.12. The molecule has 0 saturated heterocycles. The Morgan fingerprint density at radius 2 is 1.67 bits per heavy atom. The van der Waals surface area contributed by atoms with Crippen LogP contribution in [-0.4, -0.2) is 22.8 Å². The molecule has 6 nitrogen and oxygen atoms in total. The molecular weight excluding hydrogens is 274 g/mol. The third-order valence-electron chi connectivity index (χ3n) is 3.17. The van der Waals surface area contributed by atoms with E-state index in [9.17, 15) is 19.7 Å². The number of benzene rings is 1. The number of carbonyl (C=O) groups excluding carboxylic acids is 2. The lowest BCUT2D eigenvalue weighted by Crippen LogP contribution is -2.30. The van der Waals surface area contributed by atoms with Crippen LogP contribution in [0.1, 0.15) is 39.2 Å². The van der Waals surface area contributed by atoms with E-state index >= 15 is 0 Å². The maximum Gasteiger partial charge on any atom is 0.317 e. The van der Waals surface area contributed by atoms with Gasteiger partial charge in [0.15, 0.2) is 0 Å². The number of nitrogens with zero attached hydrogens (tertiary/aromatic N) is 1. The van der Waals surface area contributed by atoms with Crippen LogP contribution in [0, 0.1) is 16.0 Å². The summed E-state index contributed by atoms with van der Waals surface area (Å²) >= 11 is 0. The van der Waals surface area contributed by atoms with E-state index in [1.807, 2.05) is 0 Å². The van der Waals surface area contributed by atoms with Crippen molar-refractivity contribution in [1.82, 2.24) is 0 Å². The number of rotatable bonds is 6. The van der Waals surface area contributed by atoms with E-state index in [0.29, 0.717) is 5.56 Å². The highest BCUT2D eigenvalue weighted by Crippen LogP contribution is 2.28. The maximum absolute atomic E-state index is 12.0. The Balaban J connectivity index is 3.00. The van der Waals surface area contributed by atoms with E-state index in [4.69, 9.17) is 4.74 Å². The van der Waals surface area contributed by atoms with Crippen LogP contribution in [0.3, 0.4) is 0 Å². The van der Waals surface area contributed by atoms with Crippen LogP contribution >= 0.6 is 0 Å². The Morgan fingerprint density at radius 3 is 2.05 bits per heavy atom. The molecule has 0 N–H and O–H groups in total. The quantitative estimate of drug-likeness (QED) is 0.348. The molecule has 0 radical (unpaired) electrons. The average Bonchev–Trinajstić information content (AvgIpc) is 2.37. The molecule has 0 fully saturated rings. The van der Waals surface area contributed by atoms with Gasteiger partial charge in [-0.1, -0.05) is 19.1 Å². The molecule has 6 heteroatoms. The number of hydrogen-bond acceptors (Lipinski definition) is 5. The van der Waals surface area contributed by atoms with E-state index in [1.165, 1.54) is 19.1 Å². The van der Waals surface area contributed by atoms with Crippen molar-refractivity contribution in [2.75, 3.05) is 0 Å². The van der Waals surface area contributed by atoms with Gasteiger partial charge < -0.3 is 4.74 Å². The van der Waals surface area contributed by atoms with Crippen LogP contribution in [0.4, 0.5) is 5.69 Å². The van der Waals surface area contributed by atoms with Crippen molar-refractivity contribution in [3.63, 3.8) is 0 Å². The number of ether oxygens (including phenoxy) is 1. The van der Waals surface area contributed by atoms with Crippen molar-refractivity contribution in [3.8, 4) is 0 Å². The highest BCUT2D eigenvalue weighted by Gasteiger charge is 2.32. The lowest BCUT2D eigenvalue weighted by molar-refractivity contribution is -0.384. The van der Waals surface area contributed by atoms with Crippen LogP contribution in [0.2, 0.25) is 0 Å². The summed E-state index contributed by atoms with van der Waals surface area (Å²) in [5.74, 6) is -2.17. The van der Waals surface area contributed by atoms with Gasteiger partial charge in [0.2, 0.25) is 0 Å². The van der Waals surface area contributed by atoms with Crippen LogP contribution in [-0.2, 0) is 14.3 Å². The highest BCUT2D eigenvalue weighted by molar-refractivity contribution is 5.98. The summed E-state index contributed by atoms with van der Waals surface area (Å²) in [5.41, 5.74) is 0.650. The number of ketones is 1. The molecule has 0 aliphatic rings. The van der Waals surface area contributed by atoms with Crippen LogP contribution < -0.4 is 0 Å². The van der Waals surface area contributed by atoms with Gasteiger partial charge in [-0.3, -0.25) is 19.7 Å². The predicted octanol–water partition coefficient (Wildman–Crippen LogP) is 2.86. The molecule has 1 rings (SSSR count). The van der Waals surface area contributed by atoms with E-state index in [2.05, 4.69) is 0 Å². The molecule has 0 aromatic heterocycles. The molecule has 1 aromatic carbocycles. The summed E-state index contributed by atoms with van der Waals surface area (Å²) in [6.45, 7) is 6.50. The van der Waals surface area contributed by atoms with E-state index < -0.39 is 22.7 Å². The topological polar surface area (TPSA) is 86.5 Å². The first-order valence-corrected chi connectivity index (χ1v) is 6.69. The fraction of sp³-hybridized carbons (Fsp3) is 0.467. The maximum atomic E-state index is 12.0. The first-order chi connectivity index (χ1) is 9.73. The normalized spacial score (nSPS) is 13.6. The lowest BCUT2D eigenvalue weighted by atomic mass is 9.85. The molecule has 0 spiro atoms. The van der Waals surface area contributed by atoms with Gasteiger partial charge in [-0.2, -0.15) is 0 Å². The molecule has 2 unspecified atom stereocenters. The second kappa shape index (κ2) is 6.97. The summed E-state index contributed by atoms with van der Waals surface area (Å²) < 4.78 is 5.11. The zero-order valence-corrected chi connectivity index (χ0v) is 12.5. The van der Waals surface area contributed by atoms with Crippen molar-refractivity contribution < 1.29 is 19.2 Å². The molecule has 2 atom stereocenters. The van der Waals surface area contributed by atoms with E-state index in [1.54, 1.807) is 32.9 Å². The highest BCUT2D eigenvalue weighted by atomic mass is 16.6. The van der Waals surface area contributed by atoms with Crippen molar-refractivity contribution >= 4 is 17.4 Å². The molecule has 114 valence electrons. The SMILES string of the molecule is CC(=O)C(C(=O)OC(C)C)C(C)c1ccc([N+](=O)[O-])cc1. The Morgan fingerprint density at radius 1 is 1.14 bits per heavy atom. The summed E-state index contributed by atoms with van der Waals surface area (Å²) in [4.78, 5) is 33.9. The van der Waals surface area contributed by atoms with Gasteiger partial charge in [0.1, 0.15) is 11.7 Å². The van der Waals surface area contributed by atoms with Gasteiger partial charge in [0, 0.05) is 18.1 Å². The predicted molar refractivity (Wildman–Crippen MR) is 76.9 cm³/mol. The minimum Gasteiger partial charge on any atom is -0.462 e. The number of nitro benzene ring substituents is 1. The molecule has 0 heterocycles. The Labute approximate surface area is 123 Å². The van der Waals surface area contributed by atoms with Crippen molar-refractivity contribution in [1.29, 1.82) is 0 Å². The van der Waals surface area contributed by atoms with Gasteiger partial charge in [-0.25, -0.2) is 0 Å². The monoisotopic (exact) mass is 293 g/mol. The molecule has 21 heavy (non-hydrogen) atoms. The minimum atomic E-state index is -0.908. The number of non-ortho nitro benzene ring substituents is 1. The molecule has 0 amide bonds. The van der Waals surface area contributed by atoms with Gasteiger partial charge in [0.25, 0.3) is 5.69 Å². The van der Waals surface area contributed by atoms with E-state index in [0.717, 1.165) is 0 Å². The Bertz CT molecular complexity index is 535. The molecule has 1 aromatic rings. The largest absolute Gasteiger partial charge is 0.462 e. The van der Waals surface area contributed by atoms with Crippen molar-refractivity contribution in [2.45, 2.75) is 39.7 Å². The molecule has 0 aliphatic heterocycles. The molecule has 0 aliphatic carbocycles. The van der Waals surface area contributed by atoms with Gasteiger partial charge in [0.05, 0.1) is 11.0 Å². The van der Waals surface area contributed by atoms with Gasteiger partial charge in [-0.05, 0) is 26.3 Å². The third kappa shape index (κ3) is 4.37. The smallest absolute Gasteiger partial charge is 0.317 e. The Kier molecular flexibility index (Phi) is 5.58. The average molecular weight is 293 g/mol. The molecule has 0 bridgehead atoms. The van der Waals surface area contributed by atoms with Crippen LogP contribution in [0.15, 0.2) is 24.3 Å². The summed E-state index contributed by atoms with van der Waals surface area (Å²) in [5, 5.41) is 10.6. The summed E-state index contributed by atoms with van der Waals surface area (Å²) in [7, 11) is 0. The van der Waals surface area contributed by atoms with Crippen molar-refractivity contribution in [3.05, 3.63) is 39.9 Å². The first kappa shape index (κ1) is 16.8. The van der Waals surface area contributed by atoms with Gasteiger partial charge in [-0.15, -0.1) is 0 Å². The third-order valence-corrected chi connectivity index (χ3v) is 3.17. The summed E-state index contributed by atoms with van der Waals surface area (Å²) in [6, 6.07) is 5.83. The fourth-order valence-electron chi connectivity index (χ4n) is 2.12. The van der Waals surface area contributed by atoms with Gasteiger partial charge >= 0.3 is 5.97 Å². The summed E-state index contributed by atoms with van der Waals surface area (Å²) in [6.07, 6.45) is -0.302. The zero-order chi connectivity index (χ0) is 16.2. The van der Waals surface area contributed by atoms with Crippen molar-refractivity contribution in [2.24, 2.45) is 5.92 Å². The number of nitro groups is 1. The minimum absolute atomic E-state index is 0.0323. The molecular formula is C15H19NO5. The van der Waals surface area contributed by atoms with E-state index in [-0.39, 0.29) is 17.6 Å². The number of carbonyl (C=O) groups is 2. The van der Waals surface area contributed by atoms with Crippen LogP contribution in [0.5, 0.6) is 0 Å². The van der Waals surface area contributed by atoms with Crippen LogP contribution in [0.25, 0.3) is 0 Å². The first-order valence-electron chi connectivity index (χ1n) is 6.69. The second-order valence-corrected chi connectivity index (χ2v) is 5.21. The number of hydrogen-bond donors (Lipinski definition) is 0. The second-order valence-electron chi connectivity index (χ2n) is 5.21.